The van der Waals surface area contributed by atoms with Gasteiger partial charge in [-0.15, -0.1) is 0 Å². The van der Waals surface area contributed by atoms with E-state index in [1.807, 2.05) is 30.3 Å². The SMILES string of the molecule is CCC(Nc1cccc2n[se]nc12)c1cccc(Cl)c1. The number of aromatic nitrogens is 2. The molecule has 1 heterocycles. The first-order valence-electron chi connectivity index (χ1n) is 6.51. The van der Waals surface area contributed by atoms with E-state index in [0.717, 1.165) is 28.2 Å². The summed E-state index contributed by atoms with van der Waals surface area (Å²) in [6.45, 7) is 2.16. The number of benzene rings is 2. The van der Waals surface area contributed by atoms with Crippen LogP contribution >= 0.6 is 11.6 Å². The molecule has 2 aromatic carbocycles. The Kier molecular flexibility index (Phi) is 4.06. The summed E-state index contributed by atoms with van der Waals surface area (Å²) in [7, 11) is 0. The molecule has 0 saturated heterocycles. The summed E-state index contributed by atoms with van der Waals surface area (Å²) in [5.41, 5.74) is 4.24. The van der Waals surface area contributed by atoms with Gasteiger partial charge in [-0.2, -0.15) is 0 Å². The van der Waals surface area contributed by atoms with Crippen LogP contribution in [0.4, 0.5) is 5.69 Å². The van der Waals surface area contributed by atoms with Crippen LogP contribution in [0.1, 0.15) is 24.9 Å². The molecule has 1 aromatic heterocycles. The summed E-state index contributed by atoms with van der Waals surface area (Å²) in [5, 5.41) is 4.34. The Morgan fingerprint density at radius 3 is 2.85 bits per heavy atom. The van der Waals surface area contributed by atoms with Crippen molar-refractivity contribution in [2.24, 2.45) is 0 Å². The fraction of sp³-hybridized carbons (Fsp3) is 0.200. The molecule has 0 amide bonds. The van der Waals surface area contributed by atoms with Gasteiger partial charge < -0.3 is 0 Å². The van der Waals surface area contributed by atoms with E-state index >= 15 is 0 Å². The van der Waals surface area contributed by atoms with Crippen molar-refractivity contribution in [2.45, 2.75) is 19.4 Å². The quantitative estimate of drug-likeness (QED) is 0.725. The summed E-state index contributed by atoms with van der Waals surface area (Å²) in [6.07, 6.45) is 0.978. The Hall–Kier alpha value is -1.35. The van der Waals surface area contributed by atoms with E-state index < -0.39 is 0 Å². The molecule has 0 saturated carbocycles. The number of nitrogens with zero attached hydrogens (tertiary/aromatic N) is 2. The Morgan fingerprint density at radius 2 is 2.05 bits per heavy atom. The van der Waals surface area contributed by atoms with Crippen molar-refractivity contribution >= 4 is 43.3 Å². The van der Waals surface area contributed by atoms with Crippen LogP contribution in [-0.2, 0) is 0 Å². The third-order valence-electron chi connectivity index (χ3n) is 3.28. The van der Waals surface area contributed by atoms with Crippen molar-refractivity contribution in [3.63, 3.8) is 0 Å². The third kappa shape index (κ3) is 2.73. The van der Waals surface area contributed by atoms with Crippen LogP contribution in [0.25, 0.3) is 11.0 Å². The summed E-state index contributed by atoms with van der Waals surface area (Å²) < 4.78 is 8.92. The van der Waals surface area contributed by atoms with Crippen LogP contribution in [0, 0.1) is 0 Å². The van der Waals surface area contributed by atoms with Crippen molar-refractivity contribution in [3.8, 4) is 0 Å². The number of fused-ring (bicyclic) bond motifs is 1. The molecule has 102 valence electrons. The molecule has 0 spiro atoms. The summed E-state index contributed by atoms with van der Waals surface area (Å²) in [4.78, 5) is 0. The number of rotatable bonds is 4. The van der Waals surface area contributed by atoms with Crippen molar-refractivity contribution in [2.75, 3.05) is 5.32 Å². The number of hydrogen-bond donors (Lipinski definition) is 1. The molecule has 3 nitrogen and oxygen atoms in total. The second-order valence-electron chi connectivity index (χ2n) is 4.60. The molecule has 20 heavy (non-hydrogen) atoms. The minimum absolute atomic E-state index is 0.00210. The number of anilines is 1. The van der Waals surface area contributed by atoms with Gasteiger partial charge in [-0.05, 0) is 0 Å². The topological polar surface area (TPSA) is 37.8 Å². The van der Waals surface area contributed by atoms with Gasteiger partial charge in [-0.1, -0.05) is 0 Å². The first-order chi connectivity index (χ1) is 9.78. The van der Waals surface area contributed by atoms with E-state index in [-0.39, 0.29) is 21.0 Å². The van der Waals surface area contributed by atoms with Gasteiger partial charge in [0.2, 0.25) is 0 Å². The normalized spacial score (nSPS) is 12.5. The number of hydrogen-bond acceptors (Lipinski definition) is 3. The molecule has 0 fully saturated rings. The predicted octanol–water partition coefficient (Wildman–Crippen LogP) is 3.90. The zero-order valence-electron chi connectivity index (χ0n) is 11.0. The van der Waals surface area contributed by atoms with E-state index in [1.165, 1.54) is 5.56 Å². The van der Waals surface area contributed by atoms with E-state index in [4.69, 9.17) is 11.6 Å². The molecule has 0 radical (unpaired) electrons. The van der Waals surface area contributed by atoms with E-state index in [2.05, 4.69) is 32.3 Å². The molecular formula is C15H14ClN3Se. The van der Waals surface area contributed by atoms with Gasteiger partial charge in [0, 0.05) is 0 Å². The summed E-state index contributed by atoms with van der Waals surface area (Å²) >= 11 is 6.08. The van der Waals surface area contributed by atoms with Crippen LogP contribution in [0.5, 0.6) is 0 Å². The van der Waals surface area contributed by atoms with Crippen molar-refractivity contribution in [1.82, 2.24) is 7.96 Å². The molecular weight excluding hydrogens is 337 g/mol. The Balaban J connectivity index is 1.93. The average molecular weight is 351 g/mol. The predicted molar refractivity (Wildman–Crippen MR) is 84.6 cm³/mol. The van der Waals surface area contributed by atoms with Crippen molar-refractivity contribution in [3.05, 3.63) is 53.1 Å². The molecule has 1 N–H and O–H groups in total. The zero-order valence-corrected chi connectivity index (χ0v) is 13.5. The fourth-order valence-electron chi connectivity index (χ4n) is 2.25. The third-order valence-corrected chi connectivity index (χ3v) is 4.65. The second-order valence-corrected chi connectivity index (χ2v) is 6.14. The Bertz CT molecular complexity index is 726. The van der Waals surface area contributed by atoms with E-state index in [9.17, 15) is 0 Å². The van der Waals surface area contributed by atoms with Crippen molar-refractivity contribution in [1.29, 1.82) is 0 Å². The summed E-state index contributed by atoms with van der Waals surface area (Å²) in [6, 6.07) is 14.3. The maximum absolute atomic E-state index is 6.08. The second kappa shape index (κ2) is 5.96. The summed E-state index contributed by atoms with van der Waals surface area (Å²) in [5.74, 6) is 0. The average Bonchev–Trinajstić information content (AvgIpc) is 2.94. The molecule has 1 atom stereocenters. The minimum atomic E-state index is -0.00210. The molecule has 3 rings (SSSR count). The maximum atomic E-state index is 6.08. The van der Waals surface area contributed by atoms with Crippen LogP contribution in [0.15, 0.2) is 42.5 Å². The van der Waals surface area contributed by atoms with E-state index in [0.29, 0.717) is 0 Å². The van der Waals surface area contributed by atoms with Gasteiger partial charge in [-0.25, -0.2) is 0 Å². The van der Waals surface area contributed by atoms with Crippen LogP contribution in [-0.4, -0.2) is 22.9 Å². The molecule has 5 heteroatoms. The van der Waals surface area contributed by atoms with Gasteiger partial charge in [0.15, 0.2) is 0 Å². The fourth-order valence-corrected chi connectivity index (χ4v) is 3.61. The first-order valence-corrected chi connectivity index (χ1v) is 8.42. The van der Waals surface area contributed by atoms with Crippen molar-refractivity contribution < 1.29 is 0 Å². The molecule has 0 aliphatic carbocycles. The molecule has 1 unspecified atom stereocenters. The first kappa shape index (κ1) is 13.6. The van der Waals surface area contributed by atoms with Gasteiger partial charge in [-0.3, -0.25) is 0 Å². The van der Waals surface area contributed by atoms with Crippen LogP contribution in [0.3, 0.4) is 0 Å². The zero-order chi connectivity index (χ0) is 13.9. The molecule has 0 bridgehead atoms. The van der Waals surface area contributed by atoms with Gasteiger partial charge in [0.25, 0.3) is 0 Å². The van der Waals surface area contributed by atoms with E-state index in [1.54, 1.807) is 0 Å². The number of halogens is 1. The molecule has 3 aromatic rings. The monoisotopic (exact) mass is 351 g/mol. The van der Waals surface area contributed by atoms with Gasteiger partial charge in [0.1, 0.15) is 0 Å². The van der Waals surface area contributed by atoms with Crippen LogP contribution in [0.2, 0.25) is 5.02 Å². The number of nitrogens with one attached hydrogen (secondary N) is 1. The van der Waals surface area contributed by atoms with Gasteiger partial charge >= 0.3 is 129 Å². The van der Waals surface area contributed by atoms with Gasteiger partial charge in [0.05, 0.1) is 0 Å². The Labute approximate surface area is 129 Å². The molecule has 0 aliphatic rings. The van der Waals surface area contributed by atoms with Crippen LogP contribution < -0.4 is 5.32 Å². The standard InChI is InChI=1S/C15H14ClN3Se/c1-2-12(10-5-3-6-11(16)9-10)17-13-7-4-8-14-15(13)19-20-18-14/h3-9,12,17H,2H2,1H3. The molecule has 0 aliphatic heterocycles. The Morgan fingerprint density at radius 1 is 1.20 bits per heavy atom.